The average molecular weight is 729 g/mol. The van der Waals surface area contributed by atoms with Gasteiger partial charge in [0, 0.05) is 49.5 Å². The molecule has 3 aromatic heterocycles. The number of rotatable bonds is 6. The largest absolute Gasteiger partial charge is 0.456 e. The van der Waals surface area contributed by atoms with Gasteiger partial charge in [0.05, 0.1) is 27.5 Å². The van der Waals surface area contributed by atoms with E-state index in [-0.39, 0.29) is 38.8 Å². The standard InChI is InChI=1S/C51H32N4O/c1-3-13-33(14-4-1)34-25-27-35(28-26-34)49-52-50(54-51(53-49)38-29-30-43-42-20-8-10-24-46(42)56-47(43)32-38)37-16-11-15-36(31-37)40-21-12-22-44-41-19-7-9-23-45(41)55(48(40)44)39-17-5-2-6-18-39/h1-32H/i2D,5D,6D,7D,9D,12D,17D,18D,19D,21D,22D,23D. The van der Waals surface area contributed by atoms with Crippen molar-refractivity contribution in [3.63, 3.8) is 0 Å². The van der Waals surface area contributed by atoms with Crippen molar-refractivity contribution >= 4 is 43.7 Å². The number of aromatic nitrogens is 4. The molecule has 0 bridgehead atoms. The molecule has 0 amide bonds. The second-order valence-corrected chi connectivity index (χ2v) is 13.1. The third-order valence-corrected chi connectivity index (χ3v) is 9.86. The van der Waals surface area contributed by atoms with Gasteiger partial charge in [0.1, 0.15) is 11.2 Å². The van der Waals surface area contributed by atoms with Gasteiger partial charge in [0.2, 0.25) is 0 Å². The van der Waals surface area contributed by atoms with Gasteiger partial charge < -0.3 is 8.98 Å². The zero-order valence-corrected chi connectivity index (χ0v) is 29.2. The summed E-state index contributed by atoms with van der Waals surface area (Å²) in [6, 6.07) is 30.5. The number of benzene rings is 8. The monoisotopic (exact) mass is 728 g/mol. The summed E-state index contributed by atoms with van der Waals surface area (Å²) in [5.41, 5.74) is 4.51. The first-order valence-corrected chi connectivity index (χ1v) is 17.8. The van der Waals surface area contributed by atoms with Gasteiger partial charge in [0.15, 0.2) is 17.5 Å². The molecule has 0 radical (unpaired) electrons. The SMILES string of the molecule is [2H]c1c([2H])c([2H])c(-n2c3c([2H])c([2H])c([2H])c([2H])c3c3c([2H])c([2H])c([2H])c(-c4cccc(-c5nc(-c6ccc(-c7ccccc7)cc6)nc(-c6ccc7c(c6)oc6ccccc67)n5)c4)c32)c([2H])c1[2H]. The van der Waals surface area contributed by atoms with E-state index >= 15 is 0 Å². The van der Waals surface area contributed by atoms with Gasteiger partial charge >= 0.3 is 0 Å². The highest BCUT2D eigenvalue weighted by Crippen LogP contribution is 2.39. The van der Waals surface area contributed by atoms with E-state index in [4.69, 9.17) is 33.1 Å². The second kappa shape index (κ2) is 13.0. The van der Waals surface area contributed by atoms with Crippen LogP contribution in [0.5, 0.6) is 0 Å². The van der Waals surface area contributed by atoms with Crippen molar-refractivity contribution in [2.24, 2.45) is 0 Å². The first-order valence-electron chi connectivity index (χ1n) is 23.8. The van der Waals surface area contributed by atoms with E-state index in [9.17, 15) is 2.74 Å². The lowest BCUT2D eigenvalue weighted by Crippen LogP contribution is -2.00. The van der Waals surface area contributed by atoms with E-state index in [1.807, 2.05) is 97.1 Å². The summed E-state index contributed by atoms with van der Waals surface area (Å²) in [6.45, 7) is 0. The molecule has 3 heterocycles. The summed E-state index contributed by atoms with van der Waals surface area (Å²) in [7, 11) is 0. The highest BCUT2D eigenvalue weighted by molar-refractivity contribution is 6.14. The minimum Gasteiger partial charge on any atom is -0.456 e. The molecule has 0 aliphatic heterocycles. The van der Waals surface area contributed by atoms with Crippen LogP contribution < -0.4 is 0 Å². The van der Waals surface area contributed by atoms with E-state index in [0.717, 1.165) is 32.0 Å². The predicted molar refractivity (Wildman–Crippen MR) is 229 cm³/mol. The molecule has 5 nitrogen and oxygen atoms in total. The maximum Gasteiger partial charge on any atom is 0.164 e. The van der Waals surface area contributed by atoms with Crippen molar-refractivity contribution in [3.8, 4) is 62.1 Å². The number of para-hydroxylation sites is 4. The van der Waals surface area contributed by atoms with Gasteiger partial charge in [-0.1, -0.05) is 151 Å². The molecule has 0 unspecified atom stereocenters. The van der Waals surface area contributed by atoms with E-state index in [1.165, 1.54) is 0 Å². The highest BCUT2D eigenvalue weighted by Gasteiger charge is 2.19. The first-order chi connectivity index (χ1) is 32.7. The van der Waals surface area contributed by atoms with E-state index in [1.54, 1.807) is 24.3 Å². The number of hydrogen-bond acceptors (Lipinski definition) is 4. The van der Waals surface area contributed by atoms with Crippen LogP contribution in [-0.2, 0) is 0 Å². The Morgan fingerprint density at radius 3 is 1.86 bits per heavy atom. The summed E-state index contributed by atoms with van der Waals surface area (Å²) >= 11 is 0. The molecule has 5 heteroatoms. The van der Waals surface area contributed by atoms with Gasteiger partial charge in [0.25, 0.3) is 0 Å². The van der Waals surface area contributed by atoms with Gasteiger partial charge in [-0.15, -0.1) is 0 Å². The zero-order chi connectivity index (χ0) is 47.4. The molecule has 0 spiro atoms. The fourth-order valence-corrected chi connectivity index (χ4v) is 7.24. The van der Waals surface area contributed by atoms with E-state index < -0.39 is 78.2 Å². The number of hydrogen-bond donors (Lipinski definition) is 0. The van der Waals surface area contributed by atoms with Gasteiger partial charge in [-0.3, -0.25) is 0 Å². The van der Waals surface area contributed by atoms with Crippen LogP contribution in [0.1, 0.15) is 16.4 Å². The Morgan fingerprint density at radius 2 is 1.02 bits per heavy atom. The van der Waals surface area contributed by atoms with Crippen LogP contribution >= 0.6 is 0 Å². The molecule has 8 aromatic carbocycles. The predicted octanol–water partition coefficient (Wildman–Crippen LogP) is 13.2. The lowest BCUT2D eigenvalue weighted by molar-refractivity contribution is 0.669. The van der Waals surface area contributed by atoms with Gasteiger partial charge in [-0.05, 0) is 59.1 Å². The normalized spacial score (nSPS) is 14.6. The van der Waals surface area contributed by atoms with Crippen molar-refractivity contribution in [2.45, 2.75) is 0 Å². The summed E-state index contributed by atoms with van der Waals surface area (Å²) in [5, 5.41) is 1.51. The maximum atomic E-state index is 9.42. The molecular formula is C51H32N4O. The van der Waals surface area contributed by atoms with Crippen LogP contribution in [0.25, 0.3) is 106 Å². The quantitative estimate of drug-likeness (QED) is 0.171. The maximum absolute atomic E-state index is 9.42. The Hall–Kier alpha value is -7.63. The smallest absolute Gasteiger partial charge is 0.164 e. The molecule has 0 N–H and O–H groups in total. The third-order valence-electron chi connectivity index (χ3n) is 9.86. The van der Waals surface area contributed by atoms with Crippen LogP contribution in [0.4, 0.5) is 0 Å². The molecule has 0 atom stereocenters. The van der Waals surface area contributed by atoms with Crippen molar-refractivity contribution in [3.05, 3.63) is 194 Å². The molecule has 11 aromatic rings. The molecule has 262 valence electrons. The van der Waals surface area contributed by atoms with E-state index in [2.05, 4.69) is 0 Å². The average Bonchev–Trinajstić information content (AvgIpc) is 3.92. The zero-order valence-electron chi connectivity index (χ0n) is 41.2. The Labute approximate surface area is 339 Å². The molecule has 56 heavy (non-hydrogen) atoms. The van der Waals surface area contributed by atoms with Crippen LogP contribution in [0.2, 0.25) is 0 Å². The summed E-state index contributed by atoms with van der Waals surface area (Å²) in [4.78, 5) is 14.9. The Morgan fingerprint density at radius 1 is 0.411 bits per heavy atom. The van der Waals surface area contributed by atoms with Gasteiger partial charge in [-0.2, -0.15) is 0 Å². The fraction of sp³-hybridized carbons (Fsp3) is 0. The van der Waals surface area contributed by atoms with Gasteiger partial charge in [-0.25, -0.2) is 15.0 Å². The molecule has 0 saturated heterocycles. The van der Waals surface area contributed by atoms with Crippen molar-refractivity contribution in [2.75, 3.05) is 0 Å². The summed E-state index contributed by atoms with van der Waals surface area (Å²) < 4.78 is 114. The third kappa shape index (κ3) is 5.37. The molecule has 0 saturated carbocycles. The topological polar surface area (TPSA) is 56.7 Å². The summed E-state index contributed by atoms with van der Waals surface area (Å²) in [6.07, 6.45) is 0. The van der Waals surface area contributed by atoms with Crippen molar-refractivity contribution in [1.82, 2.24) is 19.5 Å². The van der Waals surface area contributed by atoms with Crippen LogP contribution in [-0.4, -0.2) is 19.5 Å². The lowest BCUT2D eigenvalue weighted by Gasteiger charge is -2.13. The molecule has 0 aliphatic carbocycles. The molecule has 11 rings (SSSR count). The number of nitrogens with zero attached hydrogens (tertiary/aromatic N) is 4. The lowest BCUT2D eigenvalue weighted by atomic mass is 9.99. The number of furan rings is 1. The van der Waals surface area contributed by atoms with Crippen LogP contribution in [0.3, 0.4) is 0 Å². The Kier molecular flexibility index (Phi) is 5.10. The Balaban J connectivity index is 1.18. The molecule has 0 aliphatic rings. The minimum atomic E-state index is -0.703. The Bertz CT molecular complexity index is 3920. The van der Waals surface area contributed by atoms with Crippen LogP contribution in [0.15, 0.2) is 198 Å². The second-order valence-electron chi connectivity index (χ2n) is 13.1. The minimum absolute atomic E-state index is 0.0379. The first kappa shape index (κ1) is 21.9. The van der Waals surface area contributed by atoms with E-state index in [0.29, 0.717) is 33.9 Å². The molecule has 0 fully saturated rings. The summed E-state index contributed by atoms with van der Waals surface area (Å²) in [5.74, 6) is 0.894. The highest BCUT2D eigenvalue weighted by atomic mass is 16.3. The van der Waals surface area contributed by atoms with Crippen molar-refractivity contribution in [1.29, 1.82) is 0 Å². The number of fused-ring (bicyclic) bond motifs is 6. The fourth-order valence-electron chi connectivity index (χ4n) is 7.24. The van der Waals surface area contributed by atoms with Crippen molar-refractivity contribution < 1.29 is 20.9 Å². The van der Waals surface area contributed by atoms with Crippen LogP contribution in [0, 0.1) is 0 Å². The molecular weight excluding hydrogens is 685 g/mol.